The van der Waals surface area contributed by atoms with Crippen molar-refractivity contribution in [1.82, 2.24) is 4.72 Å². The zero-order chi connectivity index (χ0) is 13.1. The fraction of sp³-hybridized carbons (Fsp3) is 0.400. The van der Waals surface area contributed by atoms with E-state index in [-0.39, 0.29) is 11.5 Å². The summed E-state index contributed by atoms with van der Waals surface area (Å²) in [6, 6.07) is 1.66. The molecule has 0 saturated heterocycles. The van der Waals surface area contributed by atoms with E-state index in [1.54, 1.807) is 6.92 Å². The highest BCUT2D eigenvalue weighted by Gasteiger charge is 2.19. The quantitative estimate of drug-likeness (QED) is 0.835. The number of aliphatic hydroxyl groups excluding tert-OH is 1. The summed E-state index contributed by atoms with van der Waals surface area (Å²) < 4.78 is 51.2. The lowest BCUT2D eigenvalue weighted by atomic mass is 10.3. The van der Waals surface area contributed by atoms with Gasteiger partial charge in [0.25, 0.3) is 0 Å². The van der Waals surface area contributed by atoms with Crippen molar-refractivity contribution in [3.05, 3.63) is 29.8 Å². The number of aliphatic hydroxyl groups is 1. The van der Waals surface area contributed by atoms with E-state index in [1.165, 1.54) is 0 Å². The SMILES string of the molecule is CCC(CO)NS(=O)(=O)c1ccc(F)c(F)c1. The molecule has 0 fully saturated rings. The lowest BCUT2D eigenvalue weighted by Crippen LogP contribution is -2.36. The summed E-state index contributed by atoms with van der Waals surface area (Å²) in [5.74, 6) is -2.34. The molecule has 0 aromatic heterocycles. The molecular weight excluding hydrogens is 252 g/mol. The molecule has 0 amide bonds. The summed E-state index contributed by atoms with van der Waals surface area (Å²) in [6.07, 6.45) is 0.388. The molecule has 7 heteroatoms. The maximum atomic E-state index is 12.9. The van der Waals surface area contributed by atoms with Gasteiger partial charge in [-0.2, -0.15) is 0 Å². The molecule has 0 bridgehead atoms. The molecule has 0 aliphatic carbocycles. The third-order valence-electron chi connectivity index (χ3n) is 2.24. The van der Waals surface area contributed by atoms with Gasteiger partial charge >= 0.3 is 0 Å². The van der Waals surface area contributed by atoms with Gasteiger partial charge in [0.1, 0.15) is 0 Å². The fourth-order valence-corrected chi connectivity index (χ4v) is 2.50. The molecule has 0 aliphatic rings. The molecule has 1 aromatic rings. The molecule has 17 heavy (non-hydrogen) atoms. The number of nitrogens with one attached hydrogen (secondary N) is 1. The second-order valence-electron chi connectivity index (χ2n) is 3.48. The van der Waals surface area contributed by atoms with Gasteiger partial charge in [0.2, 0.25) is 10.0 Å². The Kier molecular flexibility index (Phi) is 4.55. The third kappa shape index (κ3) is 3.45. The third-order valence-corrected chi connectivity index (χ3v) is 3.75. The second kappa shape index (κ2) is 5.52. The van der Waals surface area contributed by atoms with E-state index in [9.17, 15) is 17.2 Å². The number of benzene rings is 1. The maximum absolute atomic E-state index is 12.9. The zero-order valence-corrected chi connectivity index (χ0v) is 9.97. The molecule has 96 valence electrons. The highest BCUT2D eigenvalue weighted by Crippen LogP contribution is 2.14. The van der Waals surface area contributed by atoms with E-state index < -0.39 is 27.7 Å². The molecule has 4 nitrogen and oxygen atoms in total. The normalized spacial score (nSPS) is 13.6. The summed E-state index contributed by atoms with van der Waals surface area (Å²) in [7, 11) is -3.94. The molecule has 1 unspecified atom stereocenters. The number of hydrogen-bond acceptors (Lipinski definition) is 3. The second-order valence-corrected chi connectivity index (χ2v) is 5.20. The Morgan fingerprint density at radius 1 is 1.35 bits per heavy atom. The van der Waals surface area contributed by atoms with Crippen LogP contribution in [0.5, 0.6) is 0 Å². The largest absolute Gasteiger partial charge is 0.395 e. The van der Waals surface area contributed by atoms with Crippen molar-refractivity contribution in [3.8, 4) is 0 Å². The van der Waals surface area contributed by atoms with Gasteiger partial charge in [-0.1, -0.05) is 6.92 Å². The average molecular weight is 265 g/mol. The van der Waals surface area contributed by atoms with Crippen LogP contribution in [0.15, 0.2) is 23.1 Å². The number of hydrogen-bond donors (Lipinski definition) is 2. The number of rotatable bonds is 5. The van der Waals surface area contributed by atoms with Crippen molar-refractivity contribution >= 4 is 10.0 Å². The van der Waals surface area contributed by atoms with E-state index in [0.717, 1.165) is 12.1 Å². The first-order valence-electron chi connectivity index (χ1n) is 4.99. The van der Waals surface area contributed by atoms with Crippen LogP contribution in [0.2, 0.25) is 0 Å². The van der Waals surface area contributed by atoms with E-state index in [4.69, 9.17) is 5.11 Å². The standard InChI is InChI=1S/C10H13F2NO3S/c1-2-7(6-14)13-17(15,16)8-3-4-9(11)10(12)5-8/h3-5,7,13-14H,2,6H2,1H3. The molecule has 0 saturated carbocycles. The van der Waals surface area contributed by atoms with Crippen LogP contribution in [0.1, 0.15) is 13.3 Å². The first-order chi connectivity index (χ1) is 7.90. The van der Waals surface area contributed by atoms with Crippen LogP contribution in [-0.2, 0) is 10.0 Å². The summed E-state index contributed by atoms with van der Waals surface area (Å²) in [5.41, 5.74) is 0. The minimum absolute atomic E-state index is 0.362. The molecule has 1 atom stereocenters. The van der Waals surface area contributed by atoms with Crippen molar-refractivity contribution < 1.29 is 22.3 Å². The van der Waals surface area contributed by atoms with Gasteiger partial charge in [-0.3, -0.25) is 0 Å². The van der Waals surface area contributed by atoms with Crippen LogP contribution in [0.25, 0.3) is 0 Å². The van der Waals surface area contributed by atoms with Gasteiger partial charge in [-0.15, -0.1) is 0 Å². The van der Waals surface area contributed by atoms with Gasteiger partial charge in [0, 0.05) is 6.04 Å². The van der Waals surface area contributed by atoms with Crippen LogP contribution >= 0.6 is 0 Å². The Labute approximate surface area is 98.3 Å². The highest BCUT2D eigenvalue weighted by molar-refractivity contribution is 7.89. The molecule has 0 heterocycles. The van der Waals surface area contributed by atoms with Gasteiger partial charge in [0.15, 0.2) is 11.6 Å². The van der Waals surface area contributed by atoms with Gasteiger partial charge < -0.3 is 5.11 Å². The first kappa shape index (κ1) is 14.0. The Morgan fingerprint density at radius 3 is 2.47 bits per heavy atom. The van der Waals surface area contributed by atoms with Crippen LogP contribution in [0.4, 0.5) is 8.78 Å². The smallest absolute Gasteiger partial charge is 0.241 e. The van der Waals surface area contributed by atoms with E-state index in [2.05, 4.69) is 4.72 Å². The Hall–Kier alpha value is -1.05. The summed E-state index contributed by atoms with van der Waals surface area (Å²) in [5, 5.41) is 8.87. The molecule has 2 N–H and O–H groups in total. The van der Waals surface area contributed by atoms with Crippen molar-refractivity contribution in [2.75, 3.05) is 6.61 Å². The molecule has 0 aliphatic heterocycles. The van der Waals surface area contributed by atoms with E-state index in [0.29, 0.717) is 12.5 Å². The Balaban J connectivity index is 3.01. The molecule has 0 radical (unpaired) electrons. The molecule has 1 rings (SSSR count). The fourth-order valence-electron chi connectivity index (χ4n) is 1.18. The van der Waals surface area contributed by atoms with Gasteiger partial charge in [-0.25, -0.2) is 21.9 Å². The van der Waals surface area contributed by atoms with Crippen LogP contribution < -0.4 is 4.72 Å². The average Bonchev–Trinajstić information content (AvgIpc) is 2.29. The van der Waals surface area contributed by atoms with Crippen molar-refractivity contribution in [2.24, 2.45) is 0 Å². The Morgan fingerprint density at radius 2 is 2.00 bits per heavy atom. The first-order valence-corrected chi connectivity index (χ1v) is 6.47. The predicted molar refractivity (Wildman–Crippen MR) is 57.8 cm³/mol. The van der Waals surface area contributed by atoms with Crippen molar-refractivity contribution in [3.63, 3.8) is 0 Å². The number of sulfonamides is 1. The summed E-state index contributed by atoms with van der Waals surface area (Å²) >= 11 is 0. The topological polar surface area (TPSA) is 66.4 Å². The van der Waals surface area contributed by atoms with Crippen molar-refractivity contribution in [2.45, 2.75) is 24.3 Å². The van der Waals surface area contributed by atoms with E-state index in [1.807, 2.05) is 0 Å². The lowest BCUT2D eigenvalue weighted by Gasteiger charge is -2.14. The van der Waals surface area contributed by atoms with Gasteiger partial charge in [-0.05, 0) is 24.6 Å². The molecule has 0 spiro atoms. The lowest BCUT2D eigenvalue weighted by molar-refractivity contribution is 0.254. The minimum atomic E-state index is -3.94. The zero-order valence-electron chi connectivity index (χ0n) is 9.15. The maximum Gasteiger partial charge on any atom is 0.241 e. The highest BCUT2D eigenvalue weighted by atomic mass is 32.2. The van der Waals surface area contributed by atoms with Crippen LogP contribution in [-0.4, -0.2) is 26.2 Å². The number of halogens is 2. The van der Waals surface area contributed by atoms with E-state index >= 15 is 0 Å². The summed E-state index contributed by atoms with van der Waals surface area (Å²) in [4.78, 5) is -0.372. The van der Waals surface area contributed by atoms with Gasteiger partial charge in [0.05, 0.1) is 11.5 Å². The predicted octanol–water partition coefficient (Wildman–Crippen LogP) is 1.01. The molecular formula is C10H13F2NO3S. The van der Waals surface area contributed by atoms with Crippen LogP contribution in [0.3, 0.4) is 0 Å². The molecule has 1 aromatic carbocycles. The monoisotopic (exact) mass is 265 g/mol. The Bertz CT molecular complexity index is 486. The van der Waals surface area contributed by atoms with Crippen LogP contribution in [0, 0.1) is 11.6 Å². The summed E-state index contributed by atoms with van der Waals surface area (Å²) in [6.45, 7) is 1.33. The minimum Gasteiger partial charge on any atom is -0.395 e. The van der Waals surface area contributed by atoms with Crippen molar-refractivity contribution in [1.29, 1.82) is 0 Å².